The Bertz CT molecular complexity index is 697. The normalized spacial score (nSPS) is 10.7. The Kier molecular flexibility index (Phi) is 4.04. The van der Waals surface area contributed by atoms with E-state index in [9.17, 15) is 0 Å². The van der Waals surface area contributed by atoms with E-state index in [-0.39, 0.29) is 0 Å². The van der Waals surface area contributed by atoms with Crippen molar-refractivity contribution in [2.24, 2.45) is 0 Å². The number of hydrogen-bond donors (Lipinski definition) is 1. The molecule has 5 heteroatoms. The van der Waals surface area contributed by atoms with Crippen LogP contribution in [0.5, 0.6) is 0 Å². The summed E-state index contributed by atoms with van der Waals surface area (Å²) >= 11 is 7.68. The highest BCUT2D eigenvalue weighted by atomic mass is 35.5. The van der Waals surface area contributed by atoms with E-state index in [1.165, 1.54) is 5.56 Å². The summed E-state index contributed by atoms with van der Waals surface area (Å²) < 4.78 is 0. The lowest BCUT2D eigenvalue weighted by Crippen LogP contribution is -1.83. The number of hydrogen-bond acceptors (Lipinski definition) is 3. The summed E-state index contributed by atoms with van der Waals surface area (Å²) in [5.41, 5.74) is 3.08. The second-order valence-electron chi connectivity index (χ2n) is 4.26. The van der Waals surface area contributed by atoms with Crippen molar-refractivity contribution in [3.05, 3.63) is 65.2 Å². The molecule has 3 rings (SSSR count). The number of thioether (sulfide) groups is 1. The summed E-state index contributed by atoms with van der Waals surface area (Å²) in [7, 11) is 0. The van der Waals surface area contributed by atoms with E-state index in [4.69, 9.17) is 11.6 Å². The number of H-pyrrole nitrogens is 1. The third kappa shape index (κ3) is 3.03. The van der Waals surface area contributed by atoms with Crippen LogP contribution >= 0.6 is 23.4 Å². The summed E-state index contributed by atoms with van der Waals surface area (Å²) in [6, 6.07) is 17.9. The largest absolute Gasteiger partial charge is 0.196 e. The minimum atomic E-state index is 0.699. The SMILES string of the molecule is Clc1cccc(-c2n[nH]nc2SCc2ccccc2)c1. The molecule has 20 heavy (non-hydrogen) atoms. The van der Waals surface area contributed by atoms with Gasteiger partial charge >= 0.3 is 0 Å². The van der Waals surface area contributed by atoms with Crippen LogP contribution in [0.15, 0.2) is 59.6 Å². The fraction of sp³-hybridized carbons (Fsp3) is 0.0667. The van der Waals surface area contributed by atoms with Gasteiger partial charge < -0.3 is 0 Å². The van der Waals surface area contributed by atoms with Crippen molar-refractivity contribution in [1.29, 1.82) is 0 Å². The van der Waals surface area contributed by atoms with Crippen molar-refractivity contribution in [3.63, 3.8) is 0 Å². The maximum atomic E-state index is 6.02. The lowest BCUT2D eigenvalue weighted by molar-refractivity contribution is 0.911. The Morgan fingerprint density at radius 3 is 2.65 bits per heavy atom. The van der Waals surface area contributed by atoms with Crippen LogP contribution in [-0.2, 0) is 5.75 Å². The summed E-state index contributed by atoms with van der Waals surface area (Å²) in [5.74, 6) is 0.862. The Labute approximate surface area is 126 Å². The van der Waals surface area contributed by atoms with E-state index in [0.29, 0.717) is 5.02 Å². The van der Waals surface area contributed by atoms with Gasteiger partial charge in [-0.3, -0.25) is 0 Å². The predicted molar refractivity (Wildman–Crippen MR) is 82.8 cm³/mol. The predicted octanol–water partition coefficient (Wildman–Crippen LogP) is 4.42. The van der Waals surface area contributed by atoms with Gasteiger partial charge in [0.05, 0.1) is 0 Å². The van der Waals surface area contributed by atoms with Crippen LogP contribution in [0, 0.1) is 0 Å². The van der Waals surface area contributed by atoms with Crippen LogP contribution in [0.1, 0.15) is 5.56 Å². The molecule has 0 aliphatic carbocycles. The van der Waals surface area contributed by atoms with Crippen molar-refractivity contribution >= 4 is 23.4 Å². The maximum absolute atomic E-state index is 6.02. The summed E-state index contributed by atoms with van der Waals surface area (Å²) in [5, 5.41) is 12.7. The van der Waals surface area contributed by atoms with Gasteiger partial charge in [0.15, 0.2) is 0 Å². The molecule has 100 valence electrons. The van der Waals surface area contributed by atoms with Gasteiger partial charge in [0.1, 0.15) is 10.7 Å². The molecule has 1 aromatic heterocycles. The Morgan fingerprint density at radius 1 is 1.00 bits per heavy atom. The molecule has 0 bridgehead atoms. The monoisotopic (exact) mass is 301 g/mol. The summed E-state index contributed by atoms with van der Waals surface area (Å²) in [4.78, 5) is 0. The van der Waals surface area contributed by atoms with Gasteiger partial charge in [0.2, 0.25) is 0 Å². The van der Waals surface area contributed by atoms with Gasteiger partial charge in [-0.05, 0) is 17.7 Å². The zero-order chi connectivity index (χ0) is 13.8. The number of nitrogens with zero attached hydrogens (tertiary/aromatic N) is 2. The second-order valence-corrected chi connectivity index (χ2v) is 5.66. The lowest BCUT2D eigenvalue weighted by Gasteiger charge is -2.02. The molecule has 0 saturated carbocycles. The number of nitrogens with one attached hydrogen (secondary N) is 1. The molecule has 0 atom stereocenters. The molecule has 0 aliphatic rings. The number of aromatic amines is 1. The molecule has 0 saturated heterocycles. The molecular weight excluding hydrogens is 290 g/mol. The van der Waals surface area contributed by atoms with Gasteiger partial charge in [-0.1, -0.05) is 65.8 Å². The quantitative estimate of drug-likeness (QED) is 0.725. The topological polar surface area (TPSA) is 41.6 Å². The Morgan fingerprint density at radius 2 is 1.85 bits per heavy atom. The van der Waals surface area contributed by atoms with E-state index in [2.05, 4.69) is 27.5 Å². The molecular formula is C15H12ClN3S. The molecule has 3 aromatic rings. The fourth-order valence-corrected chi connectivity index (χ4v) is 2.96. The van der Waals surface area contributed by atoms with Crippen molar-refractivity contribution in [2.75, 3.05) is 0 Å². The highest BCUT2D eigenvalue weighted by molar-refractivity contribution is 7.98. The third-order valence-corrected chi connectivity index (χ3v) is 4.10. The van der Waals surface area contributed by atoms with Crippen molar-refractivity contribution in [1.82, 2.24) is 15.4 Å². The minimum absolute atomic E-state index is 0.699. The van der Waals surface area contributed by atoms with E-state index >= 15 is 0 Å². The zero-order valence-corrected chi connectivity index (χ0v) is 12.2. The van der Waals surface area contributed by atoms with Gasteiger partial charge in [-0.2, -0.15) is 10.3 Å². The first-order valence-corrected chi connectivity index (χ1v) is 7.53. The Balaban J connectivity index is 1.80. The molecule has 0 fully saturated rings. The Hall–Kier alpha value is -1.78. The summed E-state index contributed by atoms with van der Waals surface area (Å²) in [6.45, 7) is 0. The van der Waals surface area contributed by atoms with Crippen molar-refractivity contribution in [2.45, 2.75) is 10.8 Å². The molecule has 0 unspecified atom stereocenters. The highest BCUT2D eigenvalue weighted by Crippen LogP contribution is 2.30. The molecule has 0 spiro atoms. The first-order valence-electron chi connectivity index (χ1n) is 6.16. The van der Waals surface area contributed by atoms with Crippen LogP contribution in [0.4, 0.5) is 0 Å². The van der Waals surface area contributed by atoms with Crippen molar-refractivity contribution < 1.29 is 0 Å². The van der Waals surface area contributed by atoms with Crippen molar-refractivity contribution in [3.8, 4) is 11.3 Å². The highest BCUT2D eigenvalue weighted by Gasteiger charge is 2.11. The maximum Gasteiger partial charge on any atom is 0.147 e. The molecule has 1 N–H and O–H groups in total. The van der Waals surface area contributed by atoms with E-state index in [1.54, 1.807) is 11.8 Å². The van der Waals surface area contributed by atoms with E-state index in [1.807, 2.05) is 42.5 Å². The van der Waals surface area contributed by atoms with E-state index < -0.39 is 0 Å². The van der Waals surface area contributed by atoms with Gasteiger partial charge in [0.25, 0.3) is 0 Å². The van der Waals surface area contributed by atoms with Crippen LogP contribution in [-0.4, -0.2) is 15.4 Å². The van der Waals surface area contributed by atoms with Crippen LogP contribution in [0.2, 0.25) is 5.02 Å². The number of halogens is 1. The lowest BCUT2D eigenvalue weighted by atomic mass is 10.2. The van der Waals surface area contributed by atoms with Crippen LogP contribution in [0.25, 0.3) is 11.3 Å². The molecule has 3 nitrogen and oxygen atoms in total. The van der Waals surface area contributed by atoms with Gasteiger partial charge in [-0.15, -0.1) is 5.10 Å². The molecule has 0 aliphatic heterocycles. The number of benzene rings is 2. The van der Waals surface area contributed by atoms with Crippen LogP contribution < -0.4 is 0 Å². The average Bonchev–Trinajstić information content (AvgIpc) is 2.95. The number of rotatable bonds is 4. The standard InChI is InChI=1S/C15H12ClN3S/c16-13-8-4-7-12(9-13)14-15(18-19-17-14)20-10-11-5-2-1-3-6-11/h1-9H,10H2,(H,17,18,19). The second kappa shape index (κ2) is 6.11. The molecule has 2 aromatic carbocycles. The average molecular weight is 302 g/mol. The fourth-order valence-electron chi connectivity index (χ4n) is 1.87. The van der Waals surface area contributed by atoms with Gasteiger partial charge in [-0.25, -0.2) is 0 Å². The minimum Gasteiger partial charge on any atom is -0.196 e. The first-order chi connectivity index (χ1) is 9.83. The zero-order valence-electron chi connectivity index (χ0n) is 10.6. The van der Waals surface area contributed by atoms with Crippen LogP contribution in [0.3, 0.4) is 0 Å². The molecule has 0 radical (unpaired) electrons. The molecule has 0 amide bonds. The number of aromatic nitrogens is 3. The first kappa shape index (κ1) is 13.2. The third-order valence-electron chi connectivity index (χ3n) is 2.83. The molecule has 1 heterocycles. The summed E-state index contributed by atoms with van der Waals surface area (Å²) in [6.07, 6.45) is 0. The smallest absolute Gasteiger partial charge is 0.147 e. The van der Waals surface area contributed by atoms with E-state index in [0.717, 1.165) is 22.0 Å². The van der Waals surface area contributed by atoms with Gasteiger partial charge in [0, 0.05) is 16.3 Å².